The van der Waals surface area contributed by atoms with Crippen LogP contribution in [0.25, 0.3) is 6.08 Å². The van der Waals surface area contributed by atoms with Crippen LogP contribution in [-0.2, 0) is 9.53 Å². The smallest absolute Gasteiger partial charge is 0.363 e. The first kappa shape index (κ1) is 19.7. The Kier molecular flexibility index (Phi) is 5.54. The van der Waals surface area contributed by atoms with Crippen molar-refractivity contribution in [1.29, 1.82) is 0 Å². The topological polar surface area (TPSA) is 65.0 Å². The maximum atomic E-state index is 13.7. The minimum atomic E-state index is -0.790. The second-order valence-electron chi connectivity index (χ2n) is 6.28. The van der Waals surface area contributed by atoms with E-state index in [1.165, 1.54) is 18.2 Å². The molecule has 0 amide bonds. The Balaban J connectivity index is 1.49. The van der Waals surface area contributed by atoms with E-state index in [1.54, 1.807) is 48.5 Å². The van der Waals surface area contributed by atoms with Crippen LogP contribution in [0.1, 0.15) is 21.5 Å². The van der Waals surface area contributed by atoms with Gasteiger partial charge in [-0.3, -0.25) is 0 Å². The van der Waals surface area contributed by atoms with Gasteiger partial charge in [-0.1, -0.05) is 40.2 Å². The summed E-state index contributed by atoms with van der Waals surface area (Å²) in [4.78, 5) is 28.4. The van der Waals surface area contributed by atoms with Crippen LogP contribution >= 0.6 is 15.9 Å². The van der Waals surface area contributed by atoms with Gasteiger partial charge >= 0.3 is 11.9 Å². The van der Waals surface area contributed by atoms with Crippen LogP contribution < -0.4 is 4.74 Å². The third-order valence-electron chi connectivity index (χ3n) is 4.20. The van der Waals surface area contributed by atoms with Crippen molar-refractivity contribution in [3.8, 4) is 5.75 Å². The van der Waals surface area contributed by atoms with Crippen LogP contribution in [-0.4, -0.2) is 17.8 Å². The Labute approximate surface area is 179 Å². The fraction of sp³-hybridized carbons (Fsp3) is 0. The highest BCUT2D eigenvalue weighted by atomic mass is 79.9. The van der Waals surface area contributed by atoms with Crippen molar-refractivity contribution in [2.45, 2.75) is 0 Å². The zero-order valence-electron chi connectivity index (χ0n) is 15.3. The van der Waals surface area contributed by atoms with Crippen molar-refractivity contribution in [2.24, 2.45) is 4.99 Å². The van der Waals surface area contributed by atoms with Crippen LogP contribution in [0.2, 0.25) is 0 Å². The van der Waals surface area contributed by atoms with Gasteiger partial charge in [-0.2, -0.15) is 0 Å². The molecule has 0 spiro atoms. The third-order valence-corrected chi connectivity index (χ3v) is 4.73. The Morgan fingerprint density at radius 2 is 1.70 bits per heavy atom. The van der Waals surface area contributed by atoms with Crippen LogP contribution in [0.3, 0.4) is 0 Å². The molecule has 0 atom stereocenters. The predicted octanol–water partition coefficient (Wildman–Crippen LogP) is 5.15. The lowest BCUT2D eigenvalue weighted by Crippen LogP contribution is -2.10. The van der Waals surface area contributed by atoms with E-state index in [9.17, 15) is 14.0 Å². The monoisotopic (exact) mass is 465 g/mol. The number of rotatable bonds is 4. The molecule has 1 aliphatic heterocycles. The fourth-order valence-electron chi connectivity index (χ4n) is 2.70. The number of halogens is 2. The summed E-state index contributed by atoms with van der Waals surface area (Å²) in [6.07, 6.45) is 1.57. The molecular weight excluding hydrogens is 453 g/mol. The number of ether oxygens (including phenoxy) is 2. The summed E-state index contributed by atoms with van der Waals surface area (Å²) >= 11 is 3.35. The summed E-state index contributed by atoms with van der Waals surface area (Å²) in [6.45, 7) is 0. The molecule has 0 bridgehead atoms. The first-order chi connectivity index (χ1) is 14.5. The molecule has 0 unspecified atom stereocenters. The molecule has 30 heavy (non-hydrogen) atoms. The molecule has 3 aromatic carbocycles. The standard InChI is InChI=1S/C23H13BrFNO4/c24-16-9-7-15(8-10-16)21-26-20(23(28)30-21)13-14-5-11-17(12-6-14)29-22(27)18-3-1-2-4-19(18)25/h1-13H/b20-13-. The number of carbonyl (C=O) groups excluding carboxylic acids is 2. The summed E-state index contributed by atoms with van der Waals surface area (Å²) in [5.41, 5.74) is 1.36. The van der Waals surface area contributed by atoms with Crippen molar-refractivity contribution in [3.63, 3.8) is 0 Å². The van der Waals surface area contributed by atoms with Crippen molar-refractivity contribution >= 4 is 39.8 Å². The summed E-state index contributed by atoms with van der Waals surface area (Å²) in [6, 6.07) is 19.2. The van der Waals surface area contributed by atoms with Gasteiger partial charge in [0.25, 0.3) is 0 Å². The molecule has 7 heteroatoms. The highest BCUT2D eigenvalue weighted by molar-refractivity contribution is 9.10. The van der Waals surface area contributed by atoms with E-state index in [0.717, 1.165) is 4.47 Å². The maximum Gasteiger partial charge on any atom is 0.363 e. The van der Waals surface area contributed by atoms with E-state index in [-0.39, 0.29) is 22.9 Å². The summed E-state index contributed by atoms with van der Waals surface area (Å²) in [7, 11) is 0. The number of esters is 2. The van der Waals surface area contributed by atoms with Gasteiger partial charge < -0.3 is 9.47 Å². The van der Waals surface area contributed by atoms with Gasteiger partial charge in [-0.25, -0.2) is 19.0 Å². The predicted molar refractivity (Wildman–Crippen MR) is 113 cm³/mol. The Bertz CT molecular complexity index is 1180. The average molecular weight is 466 g/mol. The van der Waals surface area contributed by atoms with E-state index < -0.39 is 17.8 Å². The Morgan fingerprint density at radius 1 is 1.00 bits per heavy atom. The maximum absolute atomic E-state index is 13.7. The number of hydrogen-bond donors (Lipinski definition) is 0. The number of benzene rings is 3. The molecular formula is C23H13BrFNO4. The Morgan fingerprint density at radius 3 is 2.40 bits per heavy atom. The zero-order valence-corrected chi connectivity index (χ0v) is 16.9. The zero-order chi connectivity index (χ0) is 21.1. The highest BCUT2D eigenvalue weighted by Crippen LogP contribution is 2.22. The molecule has 0 N–H and O–H groups in total. The van der Waals surface area contributed by atoms with Gasteiger partial charge in [0.15, 0.2) is 5.70 Å². The second kappa shape index (κ2) is 8.42. The molecule has 4 rings (SSSR count). The lowest BCUT2D eigenvalue weighted by molar-refractivity contribution is -0.129. The van der Waals surface area contributed by atoms with Crippen molar-refractivity contribution in [2.75, 3.05) is 0 Å². The summed E-state index contributed by atoms with van der Waals surface area (Å²) in [5, 5.41) is 0. The molecule has 1 aliphatic rings. The SMILES string of the molecule is O=C1OC(c2ccc(Br)cc2)=N/C1=C\c1ccc(OC(=O)c2ccccc2F)cc1. The second-order valence-corrected chi connectivity index (χ2v) is 7.20. The lowest BCUT2D eigenvalue weighted by Gasteiger charge is -2.05. The molecule has 0 aromatic heterocycles. The van der Waals surface area contributed by atoms with E-state index in [4.69, 9.17) is 9.47 Å². The van der Waals surface area contributed by atoms with Crippen LogP contribution in [0, 0.1) is 5.82 Å². The number of hydrogen-bond acceptors (Lipinski definition) is 5. The van der Waals surface area contributed by atoms with Crippen LogP contribution in [0.5, 0.6) is 5.75 Å². The normalized spacial score (nSPS) is 14.4. The van der Waals surface area contributed by atoms with E-state index in [1.807, 2.05) is 12.1 Å². The summed E-state index contributed by atoms with van der Waals surface area (Å²) < 4.78 is 25.0. The minimum Gasteiger partial charge on any atom is -0.423 e. The first-order valence-electron chi connectivity index (χ1n) is 8.85. The molecule has 148 valence electrons. The molecule has 0 saturated heterocycles. The fourth-order valence-corrected chi connectivity index (χ4v) is 2.97. The first-order valence-corrected chi connectivity index (χ1v) is 9.64. The van der Waals surface area contributed by atoms with Gasteiger partial charge in [0, 0.05) is 10.0 Å². The van der Waals surface area contributed by atoms with Gasteiger partial charge in [-0.05, 0) is 60.2 Å². The minimum absolute atomic E-state index is 0.146. The van der Waals surface area contributed by atoms with E-state index >= 15 is 0 Å². The lowest BCUT2D eigenvalue weighted by atomic mass is 10.2. The molecule has 0 aliphatic carbocycles. The number of carbonyl (C=O) groups is 2. The highest BCUT2D eigenvalue weighted by Gasteiger charge is 2.24. The quantitative estimate of drug-likeness (QED) is 0.303. The average Bonchev–Trinajstić information content (AvgIpc) is 3.10. The molecule has 1 heterocycles. The molecule has 0 saturated carbocycles. The van der Waals surface area contributed by atoms with Crippen molar-refractivity contribution < 1.29 is 23.5 Å². The van der Waals surface area contributed by atoms with E-state index in [2.05, 4.69) is 20.9 Å². The van der Waals surface area contributed by atoms with Crippen LogP contribution in [0.4, 0.5) is 4.39 Å². The van der Waals surface area contributed by atoms with Crippen LogP contribution in [0.15, 0.2) is 88.0 Å². The Hall–Kier alpha value is -3.58. The number of nitrogens with zero attached hydrogens (tertiary/aromatic N) is 1. The molecule has 0 fully saturated rings. The van der Waals surface area contributed by atoms with E-state index in [0.29, 0.717) is 11.1 Å². The third kappa shape index (κ3) is 4.36. The van der Waals surface area contributed by atoms with Gasteiger partial charge in [0.05, 0.1) is 5.56 Å². The largest absolute Gasteiger partial charge is 0.423 e. The molecule has 5 nitrogen and oxygen atoms in total. The van der Waals surface area contributed by atoms with Crippen molar-refractivity contribution in [1.82, 2.24) is 0 Å². The van der Waals surface area contributed by atoms with Gasteiger partial charge in [0.1, 0.15) is 11.6 Å². The number of cyclic esters (lactones) is 1. The van der Waals surface area contributed by atoms with Gasteiger partial charge in [-0.15, -0.1) is 0 Å². The summed E-state index contributed by atoms with van der Waals surface area (Å²) in [5.74, 6) is -1.51. The molecule has 3 aromatic rings. The van der Waals surface area contributed by atoms with Gasteiger partial charge in [0.2, 0.25) is 5.90 Å². The number of aliphatic imine (C=N–C) groups is 1. The van der Waals surface area contributed by atoms with Crippen molar-refractivity contribution in [3.05, 3.63) is 105 Å². The molecule has 0 radical (unpaired) electrons.